The molecule has 0 bridgehead atoms. The van der Waals surface area contributed by atoms with Crippen molar-refractivity contribution in [3.8, 4) is 0 Å². The Morgan fingerprint density at radius 3 is 2.78 bits per heavy atom. The minimum atomic E-state index is 0.164. The van der Waals surface area contributed by atoms with Gasteiger partial charge in [-0.3, -0.25) is 4.79 Å². The fourth-order valence-corrected chi connectivity index (χ4v) is 3.23. The van der Waals surface area contributed by atoms with E-state index >= 15 is 0 Å². The molecule has 2 atom stereocenters. The molecule has 0 aromatic heterocycles. The molecule has 2 rings (SSSR count). The number of carbonyl (C=O) groups is 1. The summed E-state index contributed by atoms with van der Waals surface area (Å²) in [5, 5.41) is 3.43. The first-order valence-corrected chi connectivity index (χ1v) is 8.75. The summed E-state index contributed by atoms with van der Waals surface area (Å²) in [6.45, 7) is 5.40. The lowest BCUT2D eigenvalue weighted by atomic mass is 9.91. The number of methoxy groups -OCH3 is 1. The second kappa shape index (κ2) is 9.68. The van der Waals surface area contributed by atoms with Crippen LogP contribution in [0.4, 0.5) is 0 Å². The highest BCUT2D eigenvalue weighted by atomic mass is 16.5. The monoisotopic (exact) mass is 318 g/mol. The normalized spacial score (nSPS) is 21.1. The smallest absolute Gasteiger partial charge is 0.226 e. The molecule has 0 radical (unpaired) electrons. The van der Waals surface area contributed by atoms with Gasteiger partial charge in [-0.1, -0.05) is 30.3 Å². The second-order valence-corrected chi connectivity index (χ2v) is 6.52. The molecule has 1 N–H and O–H groups in total. The van der Waals surface area contributed by atoms with Crippen molar-refractivity contribution >= 4 is 5.91 Å². The lowest BCUT2D eigenvalue weighted by Gasteiger charge is -2.32. The zero-order valence-corrected chi connectivity index (χ0v) is 14.5. The molecule has 23 heavy (non-hydrogen) atoms. The minimum Gasteiger partial charge on any atom is -0.385 e. The third-order valence-electron chi connectivity index (χ3n) is 4.53. The van der Waals surface area contributed by atoms with E-state index in [1.807, 2.05) is 23.1 Å². The summed E-state index contributed by atoms with van der Waals surface area (Å²) >= 11 is 0. The molecule has 1 aromatic carbocycles. The summed E-state index contributed by atoms with van der Waals surface area (Å²) in [6.07, 6.45) is 3.89. The Morgan fingerprint density at radius 2 is 2.09 bits per heavy atom. The van der Waals surface area contributed by atoms with Crippen molar-refractivity contribution in [2.75, 3.05) is 26.8 Å². The summed E-state index contributed by atoms with van der Waals surface area (Å²) in [7, 11) is 1.73. The molecule has 0 saturated carbocycles. The Labute approximate surface area is 140 Å². The number of unbranched alkanes of at least 4 members (excludes halogenated alkanes) is 1. The highest BCUT2D eigenvalue weighted by molar-refractivity contribution is 5.79. The molecule has 1 fully saturated rings. The van der Waals surface area contributed by atoms with Crippen LogP contribution < -0.4 is 5.32 Å². The maximum atomic E-state index is 13.0. The van der Waals surface area contributed by atoms with Crippen molar-refractivity contribution in [2.45, 2.75) is 45.2 Å². The van der Waals surface area contributed by atoms with E-state index in [4.69, 9.17) is 4.74 Å². The van der Waals surface area contributed by atoms with E-state index in [1.54, 1.807) is 7.11 Å². The van der Waals surface area contributed by atoms with Crippen LogP contribution in [0.1, 0.15) is 38.2 Å². The van der Waals surface area contributed by atoms with E-state index in [9.17, 15) is 4.79 Å². The average Bonchev–Trinajstić information content (AvgIpc) is 2.58. The van der Waals surface area contributed by atoms with Crippen molar-refractivity contribution in [3.05, 3.63) is 35.9 Å². The van der Waals surface area contributed by atoms with Crippen molar-refractivity contribution in [2.24, 2.45) is 5.92 Å². The van der Waals surface area contributed by atoms with Crippen LogP contribution in [0.3, 0.4) is 0 Å². The van der Waals surface area contributed by atoms with Gasteiger partial charge in [-0.2, -0.15) is 0 Å². The van der Waals surface area contributed by atoms with Crippen LogP contribution in [-0.2, 0) is 16.1 Å². The molecule has 4 heteroatoms. The molecule has 128 valence electrons. The fourth-order valence-electron chi connectivity index (χ4n) is 3.23. The summed E-state index contributed by atoms with van der Waals surface area (Å²) in [6, 6.07) is 10.7. The van der Waals surface area contributed by atoms with E-state index in [1.165, 1.54) is 5.56 Å². The van der Waals surface area contributed by atoms with Gasteiger partial charge in [0.15, 0.2) is 0 Å². The van der Waals surface area contributed by atoms with Crippen LogP contribution in [0.2, 0.25) is 0 Å². The van der Waals surface area contributed by atoms with Crippen molar-refractivity contribution in [1.29, 1.82) is 0 Å². The first kappa shape index (κ1) is 18.0. The van der Waals surface area contributed by atoms with Gasteiger partial charge in [0.1, 0.15) is 0 Å². The minimum absolute atomic E-state index is 0.164. The third kappa shape index (κ3) is 5.96. The van der Waals surface area contributed by atoms with E-state index in [0.29, 0.717) is 18.5 Å². The summed E-state index contributed by atoms with van der Waals surface area (Å²) in [4.78, 5) is 15.0. The number of rotatable bonds is 8. The molecule has 1 aliphatic rings. The molecular formula is C19H30N2O2. The third-order valence-corrected chi connectivity index (χ3v) is 4.53. The zero-order chi connectivity index (χ0) is 16.5. The van der Waals surface area contributed by atoms with E-state index in [2.05, 4.69) is 24.4 Å². The molecule has 1 aromatic rings. The number of carbonyl (C=O) groups excluding carboxylic acids is 1. The fraction of sp³-hybridized carbons (Fsp3) is 0.632. The van der Waals surface area contributed by atoms with E-state index < -0.39 is 0 Å². The van der Waals surface area contributed by atoms with Crippen LogP contribution in [0.5, 0.6) is 0 Å². The number of amides is 1. The van der Waals surface area contributed by atoms with Crippen molar-refractivity contribution in [1.82, 2.24) is 10.2 Å². The Hall–Kier alpha value is -1.39. The largest absolute Gasteiger partial charge is 0.385 e. The van der Waals surface area contributed by atoms with Gasteiger partial charge in [-0.05, 0) is 44.7 Å². The highest BCUT2D eigenvalue weighted by Gasteiger charge is 2.28. The van der Waals surface area contributed by atoms with Crippen LogP contribution >= 0.6 is 0 Å². The van der Waals surface area contributed by atoms with Crippen molar-refractivity contribution in [3.63, 3.8) is 0 Å². The topological polar surface area (TPSA) is 41.6 Å². The van der Waals surface area contributed by atoms with Gasteiger partial charge < -0.3 is 15.0 Å². The van der Waals surface area contributed by atoms with Crippen LogP contribution in [0, 0.1) is 5.92 Å². The number of hydrogen-bond acceptors (Lipinski definition) is 3. The first-order chi connectivity index (χ1) is 11.2. The molecule has 1 saturated heterocycles. The predicted octanol–water partition coefficient (Wildman–Crippen LogP) is 2.83. The Kier molecular flexibility index (Phi) is 7.56. The number of piperidine rings is 1. The lowest BCUT2D eigenvalue weighted by molar-refractivity contribution is -0.137. The number of hydrogen-bond donors (Lipinski definition) is 1. The summed E-state index contributed by atoms with van der Waals surface area (Å²) in [5.41, 5.74) is 1.20. The van der Waals surface area contributed by atoms with Gasteiger partial charge in [0.2, 0.25) is 5.91 Å². The molecule has 4 nitrogen and oxygen atoms in total. The molecular weight excluding hydrogens is 288 g/mol. The molecule has 0 aliphatic carbocycles. The first-order valence-electron chi connectivity index (χ1n) is 8.75. The Balaban J connectivity index is 1.97. The SMILES string of the molecule is COCCCCN(Cc1ccccc1)C(=O)[C@H]1CCN[C@@H](C)C1. The average molecular weight is 318 g/mol. The van der Waals surface area contributed by atoms with Crippen LogP contribution in [-0.4, -0.2) is 43.7 Å². The van der Waals surface area contributed by atoms with Gasteiger partial charge in [0.05, 0.1) is 0 Å². The summed E-state index contributed by atoms with van der Waals surface area (Å²) < 4.78 is 5.12. The molecule has 1 heterocycles. The zero-order valence-electron chi connectivity index (χ0n) is 14.5. The van der Waals surface area contributed by atoms with Crippen LogP contribution in [0.25, 0.3) is 0 Å². The maximum absolute atomic E-state index is 13.0. The number of ether oxygens (including phenoxy) is 1. The quantitative estimate of drug-likeness (QED) is 0.750. The standard InChI is InChI=1S/C19H30N2O2/c1-16-14-18(10-11-20-16)19(22)21(12-6-7-13-23-2)15-17-8-4-3-5-9-17/h3-5,8-9,16,18,20H,6-7,10-15H2,1-2H3/t16-,18-/m0/s1. The number of benzene rings is 1. The molecule has 1 amide bonds. The van der Waals surface area contributed by atoms with Gasteiger partial charge >= 0.3 is 0 Å². The van der Waals surface area contributed by atoms with E-state index in [0.717, 1.165) is 45.4 Å². The van der Waals surface area contributed by atoms with Crippen molar-refractivity contribution < 1.29 is 9.53 Å². The molecule has 0 unspecified atom stereocenters. The predicted molar refractivity (Wildman–Crippen MR) is 93.2 cm³/mol. The van der Waals surface area contributed by atoms with Gasteiger partial charge in [-0.15, -0.1) is 0 Å². The van der Waals surface area contributed by atoms with Gasteiger partial charge in [-0.25, -0.2) is 0 Å². The second-order valence-electron chi connectivity index (χ2n) is 6.52. The number of nitrogens with zero attached hydrogens (tertiary/aromatic N) is 1. The van der Waals surface area contributed by atoms with E-state index in [-0.39, 0.29) is 5.92 Å². The molecule has 1 aliphatic heterocycles. The Morgan fingerprint density at radius 1 is 1.30 bits per heavy atom. The van der Waals surface area contributed by atoms with Crippen LogP contribution in [0.15, 0.2) is 30.3 Å². The maximum Gasteiger partial charge on any atom is 0.226 e. The highest BCUT2D eigenvalue weighted by Crippen LogP contribution is 2.20. The lowest BCUT2D eigenvalue weighted by Crippen LogP contribution is -2.44. The number of nitrogens with one attached hydrogen (secondary N) is 1. The molecule has 0 spiro atoms. The Bertz CT molecular complexity index is 464. The van der Waals surface area contributed by atoms with Gasteiger partial charge in [0, 0.05) is 38.8 Å². The summed E-state index contributed by atoms with van der Waals surface area (Å²) in [5.74, 6) is 0.483. The van der Waals surface area contributed by atoms with Gasteiger partial charge in [0.25, 0.3) is 0 Å².